The minimum absolute atomic E-state index is 0.260. The standard InChI is InChI=1S/C23H27NO6/c1-7-10-24-15(2)11-18(16(24)3)19(25)14-30-23(26)9-8-17-12-21(28-5)22(29-6)13-20(17)27-4/h7-9,11-13H,1,10,14H2,2-6H3/b9-8+. The van der Waals surface area contributed by atoms with Crippen LogP contribution < -0.4 is 14.2 Å². The van der Waals surface area contributed by atoms with E-state index in [2.05, 4.69) is 6.58 Å². The van der Waals surface area contributed by atoms with E-state index in [9.17, 15) is 9.59 Å². The molecule has 0 N–H and O–H groups in total. The van der Waals surface area contributed by atoms with E-state index in [1.807, 2.05) is 18.4 Å². The molecule has 0 atom stereocenters. The Morgan fingerprint density at radius 3 is 2.23 bits per heavy atom. The fourth-order valence-electron chi connectivity index (χ4n) is 3.10. The quantitative estimate of drug-likeness (QED) is 0.256. The normalized spacial score (nSPS) is 10.7. The number of benzene rings is 1. The fraction of sp³-hybridized carbons (Fsp3) is 0.304. The second-order valence-corrected chi connectivity index (χ2v) is 6.50. The molecule has 7 nitrogen and oxygen atoms in total. The van der Waals surface area contributed by atoms with Gasteiger partial charge in [0.05, 0.1) is 21.3 Å². The Morgan fingerprint density at radius 1 is 1.00 bits per heavy atom. The van der Waals surface area contributed by atoms with Crippen molar-refractivity contribution >= 4 is 17.8 Å². The molecule has 0 aliphatic carbocycles. The third-order valence-corrected chi connectivity index (χ3v) is 4.67. The maximum absolute atomic E-state index is 12.5. The first-order valence-electron chi connectivity index (χ1n) is 9.31. The van der Waals surface area contributed by atoms with Crippen molar-refractivity contribution in [2.45, 2.75) is 20.4 Å². The smallest absolute Gasteiger partial charge is 0.331 e. The number of ketones is 1. The zero-order chi connectivity index (χ0) is 22.3. The van der Waals surface area contributed by atoms with E-state index < -0.39 is 5.97 Å². The predicted octanol–water partition coefficient (Wildman–Crippen LogP) is 3.76. The number of carbonyl (C=O) groups is 2. The molecular formula is C23H27NO6. The van der Waals surface area contributed by atoms with Crippen LogP contribution in [0.25, 0.3) is 6.08 Å². The Labute approximate surface area is 176 Å². The third kappa shape index (κ3) is 5.11. The van der Waals surface area contributed by atoms with Gasteiger partial charge in [0.25, 0.3) is 0 Å². The molecule has 0 aliphatic rings. The maximum Gasteiger partial charge on any atom is 0.331 e. The second-order valence-electron chi connectivity index (χ2n) is 6.50. The Hall–Kier alpha value is -3.48. The van der Waals surface area contributed by atoms with Crippen LogP contribution in [0.2, 0.25) is 0 Å². The molecule has 0 aliphatic heterocycles. The molecule has 0 fully saturated rings. The number of aryl methyl sites for hydroxylation is 1. The van der Waals surface area contributed by atoms with E-state index in [1.165, 1.54) is 33.5 Å². The highest BCUT2D eigenvalue weighted by atomic mass is 16.5. The fourth-order valence-corrected chi connectivity index (χ4v) is 3.10. The van der Waals surface area contributed by atoms with E-state index in [-0.39, 0.29) is 12.4 Å². The number of carbonyl (C=O) groups excluding carboxylic acids is 2. The Kier molecular flexibility index (Phi) is 7.86. The predicted molar refractivity (Wildman–Crippen MR) is 115 cm³/mol. The minimum atomic E-state index is -0.639. The molecule has 160 valence electrons. The number of rotatable bonds is 10. The van der Waals surface area contributed by atoms with Gasteiger partial charge in [-0.1, -0.05) is 6.08 Å². The van der Waals surface area contributed by atoms with E-state index in [1.54, 1.807) is 24.3 Å². The van der Waals surface area contributed by atoms with Crippen LogP contribution in [0.1, 0.15) is 27.3 Å². The van der Waals surface area contributed by atoms with E-state index in [4.69, 9.17) is 18.9 Å². The summed E-state index contributed by atoms with van der Waals surface area (Å²) in [6.07, 6.45) is 4.53. The molecule has 1 aromatic carbocycles. The highest BCUT2D eigenvalue weighted by Gasteiger charge is 2.16. The lowest BCUT2D eigenvalue weighted by Gasteiger charge is -2.12. The number of nitrogens with zero attached hydrogens (tertiary/aromatic N) is 1. The lowest BCUT2D eigenvalue weighted by atomic mass is 10.1. The highest BCUT2D eigenvalue weighted by Crippen LogP contribution is 2.35. The summed E-state index contributed by atoms with van der Waals surface area (Å²) in [5, 5.41) is 0. The van der Waals surface area contributed by atoms with Crippen molar-refractivity contribution in [2.75, 3.05) is 27.9 Å². The van der Waals surface area contributed by atoms with Crippen LogP contribution in [0.3, 0.4) is 0 Å². The van der Waals surface area contributed by atoms with E-state index >= 15 is 0 Å². The molecule has 1 aromatic heterocycles. The van der Waals surface area contributed by atoms with Gasteiger partial charge < -0.3 is 23.5 Å². The van der Waals surface area contributed by atoms with Crippen molar-refractivity contribution in [2.24, 2.45) is 0 Å². The summed E-state index contributed by atoms with van der Waals surface area (Å²) in [6.45, 7) is 7.76. The number of hydrogen-bond donors (Lipinski definition) is 0. The molecule has 0 saturated carbocycles. The topological polar surface area (TPSA) is 76.0 Å². The molecule has 0 unspecified atom stereocenters. The summed E-state index contributed by atoms with van der Waals surface area (Å²) in [5.74, 6) is 0.608. The van der Waals surface area contributed by atoms with Crippen molar-refractivity contribution in [1.29, 1.82) is 0 Å². The van der Waals surface area contributed by atoms with Gasteiger partial charge in [-0.05, 0) is 32.1 Å². The molecular weight excluding hydrogens is 386 g/mol. The molecule has 7 heteroatoms. The average Bonchev–Trinajstić information content (AvgIpc) is 3.03. The van der Waals surface area contributed by atoms with Crippen molar-refractivity contribution in [3.63, 3.8) is 0 Å². The molecule has 2 rings (SSSR count). The Bertz CT molecular complexity index is 971. The first-order chi connectivity index (χ1) is 14.4. The maximum atomic E-state index is 12.5. The first kappa shape index (κ1) is 22.8. The first-order valence-corrected chi connectivity index (χ1v) is 9.31. The molecule has 30 heavy (non-hydrogen) atoms. The SMILES string of the molecule is C=CCn1c(C)cc(C(=O)COC(=O)/C=C/c2cc(OC)c(OC)cc2OC)c1C. The molecule has 0 spiro atoms. The molecule has 1 heterocycles. The average molecular weight is 413 g/mol. The van der Waals surface area contributed by atoms with Gasteiger partial charge in [0.1, 0.15) is 5.75 Å². The summed E-state index contributed by atoms with van der Waals surface area (Å²) in [5.41, 5.74) is 2.90. The number of hydrogen-bond acceptors (Lipinski definition) is 6. The summed E-state index contributed by atoms with van der Waals surface area (Å²) in [7, 11) is 4.55. The van der Waals surface area contributed by atoms with Gasteiger partial charge >= 0.3 is 5.97 Å². The van der Waals surface area contributed by atoms with E-state index in [0.717, 1.165) is 11.4 Å². The van der Waals surface area contributed by atoms with Gasteiger partial charge in [-0.25, -0.2) is 4.79 Å². The van der Waals surface area contributed by atoms with Crippen molar-refractivity contribution < 1.29 is 28.5 Å². The number of Topliss-reactive ketones (excluding diaryl/α,β-unsaturated/α-hetero) is 1. The minimum Gasteiger partial charge on any atom is -0.496 e. The van der Waals surface area contributed by atoms with Crippen LogP contribution in [-0.4, -0.2) is 44.3 Å². The molecule has 0 saturated heterocycles. The Balaban J connectivity index is 2.08. The molecule has 0 radical (unpaired) electrons. The van der Waals surface area contributed by atoms with Gasteiger partial charge in [-0.2, -0.15) is 0 Å². The molecule has 2 aromatic rings. The molecule has 0 amide bonds. The van der Waals surface area contributed by atoms with Gasteiger partial charge in [0, 0.05) is 41.2 Å². The number of allylic oxidation sites excluding steroid dienone is 1. The highest BCUT2D eigenvalue weighted by molar-refractivity contribution is 6.00. The third-order valence-electron chi connectivity index (χ3n) is 4.67. The van der Waals surface area contributed by atoms with Crippen LogP contribution in [0, 0.1) is 13.8 Å². The number of aromatic nitrogens is 1. The van der Waals surface area contributed by atoms with Crippen LogP contribution in [0.15, 0.2) is 36.9 Å². The van der Waals surface area contributed by atoms with Gasteiger partial charge in [-0.3, -0.25) is 4.79 Å². The summed E-state index contributed by atoms with van der Waals surface area (Å²) >= 11 is 0. The number of methoxy groups -OCH3 is 3. The second kappa shape index (κ2) is 10.3. The van der Waals surface area contributed by atoms with Gasteiger partial charge in [0.15, 0.2) is 18.1 Å². The molecule has 0 bridgehead atoms. The van der Waals surface area contributed by atoms with Crippen molar-refractivity contribution in [1.82, 2.24) is 4.57 Å². The van der Waals surface area contributed by atoms with E-state index in [0.29, 0.717) is 34.9 Å². The zero-order valence-corrected chi connectivity index (χ0v) is 18.0. The monoisotopic (exact) mass is 413 g/mol. The van der Waals surface area contributed by atoms with Gasteiger partial charge in [0.2, 0.25) is 5.78 Å². The largest absolute Gasteiger partial charge is 0.496 e. The summed E-state index contributed by atoms with van der Waals surface area (Å²) in [4.78, 5) is 24.6. The van der Waals surface area contributed by atoms with Crippen LogP contribution in [0.4, 0.5) is 0 Å². The Morgan fingerprint density at radius 2 is 1.63 bits per heavy atom. The summed E-state index contributed by atoms with van der Waals surface area (Å²) in [6, 6.07) is 5.13. The van der Waals surface area contributed by atoms with Crippen LogP contribution >= 0.6 is 0 Å². The van der Waals surface area contributed by atoms with Crippen molar-refractivity contribution in [3.8, 4) is 17.2 Å². The lowest BCUT2D eigenvalue weighted by molar-refractivity contribution is -0.136. The lowest BCUT2D eigenvalue weighted by Crippen LogP contribution is -2.13. The zero-order valence-electron chi connectivity index (χ0n) is 18.0. The van der Waals surface area contributed by atoms with Gasteiger partial charge in [-0.15, -0.1) is 6.58 Å². The summed E-state index contributed by atoms with van der Waals surface area (Å²) < 4.78 is 22.9. The van der Waals surface area contributed by atoms with Crippen LogP contribution in [-0.2, 0) is 16.1 Å². The number of esters is 1. The van der Waals surface area contributed by atoms with Crippen molar-refractivity contribution in [3.05, 3.63) is 59.4 Å². The van der Waals surface area contributed by atoms with Crippen LogP contribution in [0.5, 0.6) is 17.2 Å². The number of ether oxygens (including phenoxy) is 4.